The van der Waals surface area contributed by atoms with Gasteiger partial charge in [0.25, 0.3) is 0 Å². The van der Waals surface area contributed by atoms with Gasteiger partial charge in [0.05, 0.1) is 33.1 Å². The van der Waals surface area contributed by atoms with Crippen molar-refractivity contribution >= 4 is 117 Å². The largest absolute Gasteiger partial charge is 0.310 e. The standard InChI is InChI=1S/C76H52N8/c1-7-25-53(26-8-1)79(54-27-9-2-10-28-54)59-45-48-71-67(49-59)64-39-21-24-42-70(64)84(71)76-77-74(81(57-33-15-5-16-34-57)61-44-47-65-62-37-19-22-40-68(62)82(72(65)51-61)58-35-17-6-18-36-58)52-75(78-76)83-69-41-23-20-38-63(69)66-46-43-60(50-73(66)83)80(55-29-11-3-12-30-55)56-31-13-4-14-32-56/h1-52H. The van der Waals surface area contributed by atoms with Gasteiger partial charge in [0, 0.05) is 89.6 Å². The first-order valence-corrected chi connectivity index (χ1v) is 28.4. The van der Waals surface area contributed by atoms with Crippen molar-refractivity contribution < 1.29 is 0 Å². The third-order valence-electron chi connectivity index (χ3n) is 16.2. The minimum absolute atomic E-state index is 0.530. The Kier molecular flexibility index (Phi) is 11.7. The number of fused-ring (bicyclic) bond motifs is 9. The highest BCUT2D eigenvalue weighted by Gasteiger charge is 2.26. The molecule has 16 rings (SSSR count). The van der Waals surface area contributed by atoms with Gasteiger partial charge >= 0.3 is 0 Å². The van der Waals surface area contributed by atoms with Gasteiger partial charge in [-0.3, -0.25) is 14.0 Å². The summed E-state index contributed by atoms with van der Waals surface area (Å²) in [6, 6.07) is 112. The summed E-state index contributed by atoms with van der Waals surface area (Å²) in [6.07, 6.45) is 0. The van der Waals surface area contributed by atoms with Crippen molar-refractivity contribution in [1.29, 1.82) is 0 Å². The molecule has 8 heteroatoms. The van der Waals surface area contributed by atoms with Crippen LogP contribution in [-0.4, -0.2) is 23.7 Å². The molecular weight excluding hydrogens is 1020 g/mol. The van der Waals surface area contributed by atoms with E-state index in [0.717, 1.165) is 106 Å². The van der Waals surface area contributed by atoms with Crippen LogP contribution in [-0.2, 0) is 0 Å². The lowest BCUT2D eigenvalue weighted by Crippen LogP contribution is -2.15. The van der Waals surface area contributed by atoms with Crippen LogP contribution in [0.5, 0.6) is 0 Å². The Hall–Kier alpha value is -11.5. The van der Waals surface area contributed by atoms with E-state index in [-0.39, 0.29) is 0 Å². The fraction of sp³-hybridized carbons (Fsp3) is 0. The van der Waals surface area contributed by atoms with E-state index in [4.69, 9.17) is 9.97 Å². The summed E-state index contributed by atoms with van der Waals surface area (Å²) >= 11 is 0. The first-order valence-electron chi connectivity index (χ1n) is 28.4. The Morgan fingerprint density at radius 3 is 1.06 bits per heavy atom. The Morgan fingerprint density at radius 1 is 0.214 bits per heavy atom. The topological polar surface area (TPSA) is 50.3 Å². The van der Waals surface area contributed by atoms with Gasteiger partial charge in [0.15, 0.2) is 0 Å². The number of hydrogen-bond donors (Lipinski definition) is 0. The zero-order valence-electron chi connectivity index (χ0n) is 45.6. The number of hydrogen-bond acceptors (Lipinski definition) is 5. The molecule has 396 valence electrons. The van der Waals surface area contributed by atoms with Crippen LogP contribution in [0.4, 0.5) is 51.3 Å². The van der Waals surface area contributed by atoms with Crippen LogP contribution in [0.15, 0.2) is 315 Å². The van der Waals surface area contributed by atoms with Gasteiger partial charge in [0.2, 0.25) is 5.95 Å². The molecule has 0 amide bonds. The molecule has 12 aromatic carbocycles. The highest BCUT2D eigenvalue weighted by Crippen LogP contribution is 2.45. The van der Waals surface area contributed by atoms with Gasteiger partial charge in [-0.05, 0) is 133 Å². The molecule has 16 aromatic rings. The van der Waals surface area contributed by atoms with Crippen LogP contribution in [0.1, 0.15) is 0 Å². The SMILES string of the molecule is c1ccc(N(c2ccccc2)c2ccc3c(c2)c2ccccc2n3-c2nc(N(c3ccccc3)c3ccc4c5ccccc5n(-c5ccccc5)c4c3)cc(-n3c4ccccc4c4ccc(N(c5ccccc5)c5ccccc5)cc43)n2)cc1. The lowest BCUT2D eigenvalue weighted by atomic mass is 10.1. The number of nitrogens with zero attached hydrogens (tertiary/aromatic N) is 8. The average molecular weight is 1080 g/mol. The van der Waals surface area contributed by atoms with Crippen molar-refractivity contribution in [2.45, 2.75) is 0 Å². The molecule has 0 N–H and O–H groups in total. The van der Waals surface area contributed by atoms with E-state index in [1.54, 1.807) is 0 Å². The highest BCUT2D eigenvalue weighted by molar-refractivity contribution is 6.13. The van der Waals surface area contributed by atoms with E-state index in [2.05, 4.69) is 344 Å². The van der Waals surface area contributed by atoms with Crippen LogP contribution >= 0.6 is 0 Å². The molecule has 0 aliphatic rings. The van der Waals surface area contributed by atoms with Crippen molar-refractivity contribution in [3.05, 3.63) is 315 Å². The molecule has 84 heavy (non-hydrogen) atoms. The summed E-state index contributed by atoms with van der Waals surface area (Å²) in [5.74, 6) is 1.94. The number of para-hydroxylation sites is 9. The summed E-state index contributed by atoms with van der Waals surface area (Å²) in [5, 5.41) is 6.76. The molecule has 4 aromatic heterocycles. The molecule has 0 atom stereocenters. The molecule has 0 aliphatic heterocycles. The summed E-state index contributed by atoms with van der Waals surface area (Å²) in [5.41, 5.74) is 15.5. The van der Waals surface area contributed by atoms with Gasteiger partial charge in [0.1, 0.15) is 11.6 Å². The minimum atomic E-state index is 0.530. The van der Waals surface area contributed by atoms with E-state index < -0.39 is 0 Å². The second kappa shape index (κ2) is 20.3. The Bertz CT molecular complexity index is 5000. The molecule has 0 fully saturated rings. The number of rotatable bonds is 12. The summed E-state index contributed by atoms with van der Waals surface area (Å²) in [7, 11) is 0. The van der Waals surface area contributed by atoms with E-state index in [1.807, 2.05) is 0 Å². The molecule has 0 saturated heterocycles. The monoisotopic (exact) mass is 1080 g/mol. The second-order valence-electron chi connectivity index (χ2n) is 21.1. The van der Waals surface area contributed by atoms with Crippen LogP contribution in [0, 0.1) is 0 Å². The molecule has 0 spiro atoms. The van der Waals surface area contributed by atoms with Crippen molar-refractivity contribution in [2.24, 2.45) is 0 Å². The first kappa shape index (κ1) is 48.4. The molecule has 0 saturated carbocycles. The number of benzene rings is 12. The Morgan fingerprint density at radius 2 is 0.560 bits per heavy atom. The zero-order valence-corrected chi connectivity index (χ0v) is 45.6. The van der Waals surface area contributed by atoms with Gasteiger partial charge in [-0.15, -0.1) is 0 Å². The fourth-order valence-corrected chi connectivity index (χ4v) is 12.5. The maximum atomic E-state index is 5.82. The van der Waals surface area contributed by atoms with Crippen molar-refractivity contribution in [3.63, 3.8) is 0 Å². The van der Waals surface area contributed by atoms with Crippen molar-refractivity contribution in [2.75, 3.05) is 14.7 Å². The summed E-state index contributed by atoms with van der Waals surface area (Å²) in [6.45, 7) is 0. The van der Waals surface area contributed by atoms with E-state index in [0.29, 0.717) is 17.6 Å². The number of aromatic nitrogens is 5. The lowest BCUT2D eigenvalue weighted by Gasteiger charge is -2.26. The lowest BCUT2D eigenvalue weighted by molar-refractivity contribution is 0.941. The fourth-order valence-electron chi connectivity index (χ4n) is 12.5. The molecule has 0 bridgehead atoms. The predicted octanol–water partition coefficient (Wildman–Crippen LogP) is 20.2. The zero-order chi connectivity index (χ0) is 55.5. The molecular formula is C76H52N8. The quantitative estimate of drug-likeness (QED) is 0.122. The van der Waals surface area contributed by atoms with E-state index in [1.165, 1.54) is 10.8 Å². The van der Waals surface area contributed by atoms with Gasteiger partial charge in [-0.2, -0.15) is 9.97 Å². The summed E-state index contributed by atoms with van der Waals surface area (Å²) < 4.78 is 6.96. The normalized spacial score (nSPS) is 11.6. The van der Waals surface area contributed by atoms with Gasteiger partial charge < -0.3 is 14.4 Å². The second-order valence-corrected chi connectivity index (χ2v) is 21.1. The molecule has 0 unspecified atom stereocenters. The molecule has 8 nitrogen and oxygen atoms in total. The molecule has 4 heterocycles. The van der Waals surface area contributed by atoms with Crippen LogP contribution in [0.25, 0.3) is 82.9 Å². The third-order valence-corrected chi connectivity index (χ3v) is 16.2. The number of anilines is 9. The van der Waals surface area contributed by atoms with E-state index in [9.17, 15) is 0 Å². The Balaban J connectivity index is 0.981. The van der Waals surface area contributed by atoms with E-state index >= 15 is 0 Å². The smallest absolute Gasteiger partial charge is 0.238 e. The average Bonchev–Trinajstić information content (AvgIpc) is 3.13. The van der Waals surface area contributed by atoms with Crippen LogP contribution in [0.3, 0.4) is 0 Å². The minimum Gasteiger partial charge on any atom is -0.310 e. The maximum Gasteiger partial charge on any atom is 0.238 e. The highest BCUT2D eigenvalue weighted by atomic mass is 15.3. The summed E-state index contributed by atoms with van der Waals surface area (Å²) in [4.78, 5) is 18.6. The van der Waals surface area contributed by atoms with Gasteiger partial charge in [-0.25, -0.2) is 0 Å². The van der Waals surface area contributed by atoms with Crippen LogP contribution < -0.4 is 14.7 Å². The molecule has 0 aliphatic carbocycles. The maximum absolute atomic E-state index is 5.82. The predicted molar refractivity (Wildman–Crippen MR) is 349 cm³/mol. The first-order chi connectivity index (χ1) is 41.7. The molecule has 0 radical (unpaired) electrons. The Labute approximate surface area is 485 Å². The van der Waals surface area contributed by atoms with Crippen molar-refractivity contribution in [1.82, 2.24) is 23.7 Å². The van der Waals surface area contributed by atoms with Crippen LogP contribution in [0.2, 0.25) is 0 Å². The third kappa shape index (κ3) is 8.15. The van der Waals surface area contributed by atoms with Crippen molar-refractivity contribution in [3.8, 4) is 17.5 Å². The van der Waals surface area contributed by atoms with Gasteiger partial charge in [-0.1, -0.05) is 176 Å².